The molecule has 0 amide bonds. The van der Waals surface area contributed by atoms with Crippen LogP contribution in [0.15, 0.2) is 12.2 Å². The van der Waals surface area contributed by atoms with Crippen molar-refractivity contribution < 1.29 is 0 Å². The largest absolute Gasteiger partial charge is 0.301 e. The quantitative estimate of drug-likeness (QED) is 0.509. The summed E-state index contributed by atoms with van der Waals surface area (Å²) in [6, 6.07) is 0. The molecule has 2 unspecified atom stereocenters. The molecule has 0 aromatic rings. The summed E-state index contributed by atoms with van der Waals surface area (Å²) in [4.78, 5) is 0. The van der Waals surface area contributed by atoms with Crippen LogP contribution in [-0.4, -0.2) is 17.7 Å². The van der Waals surface area contributed by atoms with Crippen LogP contribution in [0.3, 0.4) is 0 Å². The lowest BCUT2D eigenvalue weighted by molar-refractivity contribution is 0.533. The molecule has 2 aliphatic rings. The van der Waals surface area contributed by atoms with Gasteiger partial charge in [-0.2, -0.15) is 0 Å². The maximum Gasteiger partial charge on any atom is 0.0598 e. The lowest BCUT2D eigenvalue weighted by Crippen LogP contribution is -2.32. The van der Waals surface area contributed by atoms with Crippen LogP contribution in [0.25, 0.3) is 0 Å². The molecule has 50 valence electrons. The number of rotatable bonds is 0. The maximum absolute atomic E-state index is 3.46. The van der Waals surface area contributed by atoms with Gasteiger partial charge in [0.05, 0.1) is 5.37 Å². The Bertz CT molecular complexity index is 133. The predicted molar refractivity (Wildman–Crippen MR) is 41.5 cm³/mol. The average molecular weight is 141 g/mol. The minimum Gasteiger partial charge on any atom is -0.301 e. The number of nitrogens with one attached hydrogen (secondary N) is 1. The summed E-state index contributed by atoms with van der Waals surface area (Å²) in [6.07, 6.45) is 5.98. The van der Waals surface area contributed by atoms with Crippen molar-refractivity contribution in [3.05, 3.63) is 12.2 Å². The molecule has 2 aliphatic heterocycles. The van der Waals surface area contributed by atoms with E-state index in [4.69, 9.17) is 0 Å². The normalized spacial score (nSPS) is 40.9. The van der Waals surface area contributed by atoms with Gasteiger partial charge >= 0.3 is 0 Å². The standard InChI is InChI=1S/C7H11NS/c1-2-6-3-5-9-7(6)8-4-1/h1-2,6-8H,3-5H2. The predicted octanol–water partition coefficient (Wildman–Crippen LogP) is 1.22. The molecule has 0 bridgehead atoms. The first-order valence-corrected chi connectivity index (χ1v) is 4.53. The van der Waals surface area contributed by atoms with E-state index in [-0.39, 0.29) is 0 Å². The Hall–Kier alpha value is 0.0500. The van der Waals surface area contributed by atoms with Crippen molar-refractivity contribution in [2.75, 3.05) is 12.3 Å². The van der Waals surface area contributed by atoms with Crippen molar-refractivity contribution in [2.45, 2.75) is 11.8 Å². The fraction of sp³-hybridized carbons (Fsp3) is 0.714. The van der Waals surface area contributed by atoms with Gasteiger partial charge in [0.15, 0.2) is 0 Å². The zero-order valence-corrected chi connectivity index (χ0v) is 6.16. The third-order valence-electron chi connectivity index (χ3n) is 1.96. The van der Waals surface area contributed by atoms with Crippen molar-refractivity contribution in [3.8, 4) is 0 Å². The lowest BCUT2D eigenvalue weighted by atomic mass is 10.0. The smallest absolute Gasteiger partial charge is 0.0598 e. The minimum absolute atomic E-state index is 0.745. The highest BCUT2D eigenvalue weighted by molar-refractivity contribution is 8.00. The Kier molecular flexibility index (Phi) is 1.52. The Morgan fingerprint density at radius 2 is 2.56 bits per heavy atom. The van der Waals surface area contributed by atoms with Gasteiger partial charge in [-0.05, 0) is 12.2 Å². The first-order valence-electron chi connectivity index (χ1n) is 3.48. The summed E-state index contributed by atoms with van der Waals surface area (Å²) < 4.78 is 0. The van der Waals surface area contributed by atoms with Crippen molar-refractivity contribution in [1.82, 2.24) is 5.32 Å². The van der Waals surface area contributed by atoms with Crippen LogP contribution in [0.1, 0.15) is 6.42 Å². The number of fused-ring (bicyclic) bond motifs is 1. The molecular weight excluding hydrogens is 130 g/mol. The molecule has 2 rings (SSSR count). The van der Waals surface area contributed by atoms with E-state index in [1.54, 1.807) is 0 Å². The molecule has 9 heavy (non-hydrogen) atoms. The number of thioether (sulfide) groups is 1. The van der Waals surface area contributed by atoms with Crippen LogP contribution in [0, 0.1) is 5.92 Å². The van der Waals surface area contributed by atoms with E-state index in [1.165, 1.54) is 12.2 Å². The second-order valence-electron chi connectivity index (χ2n) is 2.58. The number of hydrogen-bond donors (Lipinski definition) is 1. The van der Waals surface area contributed by atoms with Gasteiger partial charge in [-0.25, -0.2) is 0 Å². The summed E-state index contributed by atoms with van der Waals surface area (Å²) in [7, 11) is 0. The van der Waals surface area contributed by atoms with Crippen molar-refractivity contribution in [3.63, 3.8) is 0 Å². The van der Waals surface area contributed by atoms with E-state index in [0.29, 0.717) is 0 Å². The van der Waals surface area contributed by atoms with Gasteiger partial charge in [0.1, 0.15) is 0 Å². The maximum atomic E-state index is 3.46. The Balaban J connectivity index is 2.10. The van der Waals surface area contributed by atoms with Gasteiger partial charge in [-0.1, -0.05) is 12.2 Å². The molecule has 0 radical (unpaired) electrons. The zero-order chi connectivity index (χ0) is 6.10. The molecule has 1 nitrogen and oxygen atoms in total. The molecular formula is C7H11NS. The first kappa shape index (κ1) is 5.81. The van der Waals surface area contributed by atoms with Crippen LogP contribution in [0.2, 0.25) is 0 Å². The highest BCUT2D eigenvalue weighted by atomic mass is 32.2. The molecule has 2 heteroatoms. The second kappa shape index (κ2) is 2.35. The molecule has 0 aromatic carbocycles. The van der Waals surface area contributed by atoms with E-state index in [9.17, 15) is 0 Å². The molecule has 1 fully saturated rings. The van der Waals surface area contributed by atoms with Crippen molar-refractivity contribution in [2.24, 2.45) is 5.92 Å². The molecule has 0 saturated carbocycles. The topological polar surface area (TPSA) is 12.0 Å². The van der Waals surface area contributed by atoms with E-state index < -0.39 is 0 Å². The molecule has 1 saturated heterocycles. The lowest BCUT2D eigenvalue weighted by Gasteiger charge is -2.19. The fourth-order valence-corrected chi connectivity index (χ4v) is 2.79. The van der Waals surface area contributed by atoms with Gasteiger partial charge in [-0.3, -0.25) is 0 Å². The molecule has 0 aromatic heterocycles. The summed E-state index contributed by atoms with van der Waals surface area (Å²) in [5, 5.41) is 4.20. The summed E-state index contributed by atoms with van der Waals surface area (Å²) in [5.41, 5.74) is 0. The van der Waals surface area contributed by atoms with Crippen molar-refractivity contribution >= 4 is 11.8 Å². The van der Waals surface area contributed by atoms with Crippen LogP contribution in [0.5, 0.6) is 0 Å². The molecule has 0 spiro atoms. The summed E-state index contributed by atoms with van der Waals surface area (Å²) in [6.45, 7) is 1.08. The minimum atomic E-state index is 0.745. The van der Waals surface area contributed by atoms with E-state index in [2.05, 4.69) is 29.2 Å². The second-order valence-corrected chi connectivity index (χ2v) is 3.83. The molecule has 0 aliphatic carbocycles. The third kappa shape index (κ3) is 1.01. The van der Waals surface area contributed by atoms with E-state index >= 15 is 0 Å². The summed E-state index contributed by atoms with van der Waals surface area (Å²) >= 11 is 2.06. The fourth-order valence-electron chi connectivity index (χ4n) is 1.44. The van der Waals surface area contributed by atoms with Gasteiger partial charge in [0.2, 0.25) is 0 Å². The molecule has 1 N–H and O–H groups in total. The Morgan fingerprint density at radius 1 is 1.56 bits per heavy atom. The van der Waals surface area contributed by atoms with Gasteiger partial charge < -0.3 is 5.32 Å². The van der Waals surface area contributed by atoms with Crippen molar-refractivity contribution in [1.29, 1.82) is 0 Å². The SMILES string of the molecule is C1=CC2CCSC2NC1. The summed E-state index contributed by atoms with van der Waals surface area (Å²) in [5.74, 6) is 2.18. The van der Waals surface area contributed by atoms with Gasteiger partial charge in [-0.15, -0.1) is 11.8 Å². The van der Waals surface area contributed by atoms with E-state index in [0.717, 1.165) is 17.8 Å². The third-order valence-corrected chi connectivity index (χ3v) is 3.30. The highest BCUT2D eigenvalue weighted by Gasteiger charge is 2.26. The Morgan fingerprint density at radius 3 is 3.44 bits per heavy atom. The number of hydrogen-bond acceptors (Lipinski definition) is 2. The molecule has 2 heterocycles. The monoisotopic (exact) mass is 141 g/mol. The van der Waals surface area contributed by atoms with Gasteiger partial charge in [0, 0.05) is 12.5 Å². The Labute approximate surface area is 59.9 Å². The van der Waals surface area contributed by atoms with Crippen LogP contribution < -0.4 is 5.32 Å². The van der Waals surface area contributed by atoms with Crippen LogP contribution in [-0.2, 0) is 0 Å². The average Bonchev–Trinajstić information content (AvgIpc) is 2.33. The first-order chi connectivity index (χ1) is 4.47. The molecule has 2 atom stereocenters. The van der Waals surface area contributed by atoms with Crippen LogP contribution in [0.4, 0.5) is 0 Å². The van der Waals surface area contributed by atoms with Gasteiger partial charge in [0.25, 0.3) is 0 Å². The van der Waals surface area contributed by atoms with Crippen LogP contribution >= 0.6 is 11.8 Å². The highest BCUT2D eigenvalue weighted by Crippen LogP contribution is 2.32. The zero-order valence-electron chi connectivity index (χ0n) is 5.34. The van der Waals surface area contributed by atoms with E-state index in [1.807, 2.05) is 0 Å².